The van der Waals surface area contributed by atoms with Crippen molar-refractivity contribution in [2.45, 2.75) is 30.7 Å². The van der Waals surface area contributed by atoms with E-state index >= 15 is 0 Å². The number of carbonyl (C=O) groups excluding carboxylic acids is 1. The summed E-state index contributed by atoms with van der Waals surface area (Å²) in [5, 5.41) is 42.7. The van der Waals surface area contributed by atoms with Crippen molar-refractivity contribution in [3.63, 3.8) is 0 Å². The van der Waals surface area contributed by atoms with Crippen LogP contribution >= 0.6 is 15.9 Å². The van der Waals surface area contributed by atoms with Crippen molar-refractivity contribution < 1.29 is 39.4 Å². The Balaban J connectivity index is 1.47. The maximum atomic E-state index is 11.8. The number of ether oxygens (including phenoxy) is 3. The van der Waals surface area contributed by atoms with Crippen LogP contribution in [0.4, 0.5) is 0 Å². The SMILES string of the molecule is O=C(COc1ccc(Br)cc1)N/N=C/c1ccc(O[C@H]2O[C@@H](CO)[C@H](O)[C@@H](O)[C@@H]2O)cc1. The van der Waals surface area contributed by atoms with Gasteiger partial charge in [-0.05, 0) is 54.1 Å². The smallest absolute Gasteiger partial charge is 0.277 e. The molecule has 10 nitrogen and oxygen atoms in total. The molecule has 0 saturated carbocycles. The summed E-state index contributed by atoms with van der Waals surface area (Å²) in [7, 11) is 0. The van der Waals surface area contributed by atoms with Crippen molar-refractivity contribution in [3.8, 4) is 11.5 Å². The number of rotatable bonds is 8. The lowest BCUT2D eigenvalue weighted by Crippen LogP contribution is -2.60. The highest BCUT2D eigenvalue weighted by atomic mass is 79.9. The quantitative estimate of drug-likeness (QED) is 0.249. The lowest BCUT2D eigenvalue weighted by molar-refractivity contribution is -0.277. The monoisotopic (exact) mass is 510 g/mol. The molecule has 0 aromatic heterocycles. The Bertz CT molecular complexity index is 907. The van der Waals surface area contributed by atoms with Gasteiger partial charge in [-0.25, -0.2) is 5.43 Å². The number of aliphatic hydroxyl groups is 4. The first-order valence-corrected chi connectivity index (χ1v) is 10.4. The van der Waals surface area contributed by atoms with E-state index in [0.717, 1.165) is 4.47 Å². The van der Waals surface area contributed by atoms with E-state index in [0.29, 0.717) is 17.1 Å². The van der Waals surface area contributed by atoms with E-state index in [1.807, 2.05) is 0 Å². The number of halogens is 1. The molecule has 2 aromatic carbocycles. The van der Waals surface area contributed by atoms with E-state index in [2.05, 4.69) is 26.5 Å². The zero-order chi connectivity index (χ0) is 23.1. The summed E-state index contributed by atoms with van der Waals surface area (Å²) >= 11 is 3.32. The molecule has 11 heteroatoms. The second-order valence-corrected chi connectivity index (χ2v) is 7.84. The van der Waals surface area contributed by atoms with E-state index in [1.165, 1.54) is 6.21 Å². The molecule has 0 unspecified atom stereocenters. The molecule has 1 fully saturated rings. The summed E-state index contributed by atoms with van der Waals surface area (Å²) in [5.74, 6) is 0.451. The van der Waals surface area contributed by atoms with Crippen LogP contribution in [0, 0.1) is 0 Å². The molecule has 0 radical (unpaired) electrons. The first-order valence-electron chi connectivity index (χ1n) is 9.65. The third-order valence-corrected chi connectivity index (χ3v) is 5.10. The molecule has 5 N–H and O–H groups in total. The normalized spacial score (nSPS) is 25.5. The van der Waals surface area contributed by atoms with Crippen molar-refractivity contribution in [3.05, 3.63) is 58.6 Å². The Hall–Kier alpha value is -2.54. The summed E-state index contributed by atoms with van der Waals surface area (Å²) in [6, 6.07) is 13.5. The Morgan fingerprint density at radius 3 is 2.34 bits per heavy atom. The summed E-state index contributed by atoms with van der Waals surface area (Å²) in [6.07, 6.45) is -5.37. The van der Waals surface area contributed by atoms with Gasteiger partial charge < -0.3 is 34.6 Å². The predicted octanol–water partition coefficient (Wildman–Crippen LogP) is 0.157. The maximum absolute atomic E-state index is 11.8. The zero-order valence-electron chi connectivity index (χ0n) is 16.7. The van der Waals surface area contributed by atoms with Gasteiger partial charge in [0.25, 0.3) is 5.91 Å². The standard InChI is InChI=1S/C21H23BrN2O8/c22-13-3-7-14(8-4-13)30-11-17(26)24-23-9-12-1-5-15(6-2-12)31-21-20(29)19(28)18(27)16(10-25)32-21/h1-9,16,18-21,25,27-29H,10-11H2,(H,24,26)/b23-9+/t16-,18-,19+,20-,21-/m0/s1. The van der Waals surface area contributed by atoms with Crippen LogP contribution in [0.15, 0.2) is 58.1 Å². The largest absolute Gasteiger partial charge is 0.484 e. The van der Waals surface area contributed by atoms with Gasteiger partial charge in [0.1, 0.15) is 35.9 Å². The van der Waals surface area contributed by atoms with E-state index in [1.54, 1.807) is 48.5 Å². The van der Waals surface area contributed by atoms with Gasteiger partial charge in [-0.3, -0.25) is 4.79 Å². The van der Waals surface area contributed by atoms with Gasteiger partial charge in [-0.1, -0.05) is 15.9 Å². The number of nitrogens with zero attached hydrogens (tertiary/aromatic N) is 1. The van der Waals surface area contributed by atoms with Gasteiger partial charge in [-0.15, -0.1) is 0 Å². The average Bonchev–Trinajstić information content (AvgIpc) is 2.80. The minimum absolute atomic E-state index is 0.190. The number of aliphatic hydroxyl groups excluding tert-OH is 4. The number of benzene rings is 2. The minimum Gasteiger partial charge on any atom is -0.484 e. The molecule has 3 rings (SSSR count). The van der Waals surface area contributed by atoms with Crippen LogP contribution in [0.2, 0.25) is 0 Å². The molecule has 32 heavy (non-hydrogen) atoms. The van der Waals surface area contributed by atoms with Crippen LogP contribution in [-0.2, 0) is 9.53 Å². The van der Waals surface area contributed by atoms with Crippen LogP contribution in [0.25, 0.3) is 0 Å². The van der Waals surface area contributed by atoms with Crippen LogP contribution < -0.4 is 14.9 Å². The number of hydrazone groups is 1. The number of carbonyl (C=O) groups is 1. The van der Waals surface area contributed by atoms with Crippen LogP contribution in [0.5, 0.6) is 11.5 Å². The summed E-state index contributed by atoms with van der Waals surface area (Å²) in [5.41, 5.74) is 3.01. The Kier molecular flexibility index (Phi) is 8.56. The third kappa shape index (κ3) is 6.48. The fraction of sp³-hybridized carbons (Fsp3) is 0.333. The zero-order valence-corrected chi connectivity index (χ0v) is 18.3. The fourth-order valence-corrected chi connectivity index (χ4v) is 3.09. The first-order chi connectivity index (χ1) is 15.4. The lowest BCUT2D eigenvalue weighted by Gasteiger charge is -2.39. The van der Waals surface area contributed by atoms with Gasteiger partial charge in [0.15, 0.2) is 6.61 Å². The molecule has 1 amide bonds. The van der Waals surface area contributed by atoms with Crippen molar-refractivity contribution in [2.75, 3.05) is 13.2 Å². The van der Waals surface area contributed by atoms with Gasteiger partial charge in [-0.2, -0.15) is 5.10 Å². The number of nitrogens with one attached hydrogen (secondary N) is 1. The highest BCUT2D eigenvalue weighted by Crippen LogP contribution is 2.24. The molecule has 172 valence electrons. The van der Waals surface area contributed by atoms with Gasteiger partial charge >= 0.3 is 0 Å². The number of hydrogen-bond acceptors (Lipinski definition) is 9. The Morgan fingerprint density at radius 1 is 1.03 bits per heavy atom. The van der Waals surface area contributed by atoms with Crippen LogP contribution in [0.1, 0.15) is 5.56 Å². The summed E-state index contributed by atoms with van der Waals surface area (Å²) in [6.45, 7) is -0.731. The van der Waals surface area contributed by atoms with Crippen LogP contribution in [-0.4, -0.2) is 76.5 Å². The highest BCUT2D eigenvalue weighted by Gasteiger charge is 2.44. The summed E-state index contributed by atoms with van der Waals surface area (Å²) < 4.78 is 17.1. The van der Waals surface area contributed by atoms with Crippen molar-refractivity contribution in [2.24, 2.45) is 5.10 Å². The van der Waals surface area contributed by atoms with E-state index in [-0.39, 0.29) is 6.61 Å². The molecule has 1 saturated heterocycles. The third-order valence-electron chi connectivity index (χ3n) is 4.57. The lowest BCUT2D eigenvalue weighted by atomic mass is 9.99. The molecular weight excluding hydrogens is 488 g/mol. The highest BCUT2D eigenvalue weighted by molar-refractivity contribution is 9.10. The molecule has 1 aliphatic heterocycles. The van der Waals surface area contributed by atoms with E-state index < -0.39 is 43.2 Å². The minimum atomic E-state index is -1.52. The van der Waals surface area contributed by atoms with Gasteiger partial charge in [0, 0.05) is 4.47 Å². The molecular formula is C21H23BrN2O8. The average molecular weight is 511 g/mol. The Labute approximate surface area is 192 Å². The van der Waals surface area contributed by atoms with E-state index in [4.69, 9.17) is 14.2 Å². The number of hydrogen-bond donors (Lipinski definition) is 5. The Morgan fingerprint density at radius 2 is 1.69 bits per heavy atom. The first kappa shape index (κ1) is 24.1. The second-order valence-electron chi connectivity index (χ2n) is 6.92. The van der Waals surface area contributed by atoms with Gasteiger partial charge in [0.2, 0.25) is 6.29 Å². The molecule has 1 heterocycles. The van der Waals surface area contributed by atoms with E-state index in [9.17, 15) is 25.2 Å². The van der Waals surface area contributed by atoms with Crippen LogP contribution in [0.3, 0.4) is 0 Å². The molecule has 0 bridgehead atoms. The van der Waals surface area contributed by atoms with Crippen molar-refractivity contribution in [1.82, 2.24) is 5.43 Å². The van der Waals surface area contributed by atoms with Crippen molar-refractivity contribution in [1.29, 1.82) is 0 Å². The topological polar surface area (TPSA) is 150 Å². The maximum Gasteiger partial charge on any atom is 0.277 e. The molecule has 0 spiro atoms. The number of amides is 1. The molecule has 2 aromatic rings. The predicted molar refractivity (Wildman–Crippen MR) is 116 cm³/mol. The fourth-order valence-electron chi connectivity index (χ4n) is 2.82. The second kappa shape index (κ2) is 11.4. The molecule has 1 aliphatic rings. The summed E-state index contributed by atoms with van der Waals surface area (Å²) in [4.78, 5) is 11.8. The molecule has 5 atom stereocenters. The molecule has 0 aliphatic carbocycles. The van der Waals surface area contributed by atoms with Gasteiger partial charge in [0.05, 0.1) is 12.8 Å². The van der Waals surface area contributed by atoms with Crippen molar-refractivity contribution >= 4 is 28.1 Å².